The molecular formula is C11H13N3O3. The number of carbonyl (C=O) groups is 2. The standard InChI is InChI=1S/C11H13N3O3/c1-7-5-14(6-9(7)11(16)17)10(15)8-2-3-12-13-4-8/h2-4,7,9H,5-6H2,1H3,(H,16,17)/t7-,9-/m1/s1. The number of carbonyl (C=O) groups excluding carboxylic acids is 1. The molecule has 6 nitrogen and oxygen atoms in total. The number of nitrogens with zero attached hydrogens (tertiary/aromatic N) is 3. The molecular weight excluding hydrogens is 222 g/mol. The van der Waals surface area contributed by atoms with E-state index in [-0.39, 0.29) is 18.4 Å². The summed E-state index contributed by atoms with van der Waals surface area (Å²) in [6.45, 7) is 2.58. The summed E-state index contributed by atoms with van der Waals surface area (Å²) in [4.78, 5) is 24.5. The van der Waals surface area contributed by atoms with Crippen molar-refractivity contribution in [2.24, 2.45) is 11.8 Å². The van der Waals surface area contributed by atoms with Crippen molar-refractivity contribution in [3.05, 3.63) is 24.0 Å². The zero-order chi connectivity index (χ0) is 12.4. The van der Waals surface area contributed by atoms with Gasteiger partial charge in [0.15, 0.2) is 0 Å². The minimum atomic E-state index is -0.847. The summed E-state index contributed by atoms with van der Waals surface area (Å²) >= 11 is 0. The highest BCUT2D eigenvalue weighted by Crippen LogP contribution is 2.24. The number of aromatic nitrogens is 2. The van der Waals surface area contributed by atoms with Crippen molar-refractivity contribution in [1.82, 2.24) is 15.1 Å². The fraction of sp³-hybridized carbons (Fsp3) is 0.455. The molecule has 1 aromatic heterocycles. The van der Waals surface area contributed by atoms with Crippen LogP contribution in [0.1, 0.15) is 17.3 Å². The third-order valence-electron chi connectivity index (χ3n) is 3.05. The van der Waals surface area contributed by atoms with Gasteiger partial charge in [-0.3, -0.25) is 9.59 Å². The van der Waals surface area contributed by atoms with Crippen molar-refractivity contribution in [3.8, 4) is 0 Å². The lowest BCUT2D eigenvalue weighted by atomic mass is 9.99. The van der Waals surface area contributed by atoms with Crippen LogP contribution in [0.5, 0.6) is 0 Å². The second kappa shape index (κ2) is 4.48. The molecule has 6 heteroatoms. The Morgan fingerprint density at radius 1 is 1.41 bits per heavy atom. The highest BCUT2D eigenvalue weighted by Gasteiger charge is 2.37. The monoisotopic (exact) mass is 235 g/mol. The molecule has 0 aliphatic carbocycles. The molecule has 0 saturated carbocycles. The summed E-state index contributed by atoms with van der Waals surface area (Å²) in [6.07, 6.45) is 2.84. The van der Waals surface area contributed by atoms with Crippen LogP contribution in [0.4, 0.5) is 0 Å². The van der Waals surface area contributed by atoms with E-state index in [1.807, 2.05) is 6.92 Å². The maximum absolute atomic E-state index is 12.0. The first-order valence-corrected chi connectivity index (χ1v) is 5.38. The van der Waals surface area contributed by atoms with Gasteiger partial charge < -0.3 is 10.0 Å². The van der Waals surface area contributed by atoms with E-state index in [9.17, 15) is 9.59 Å². The Bertz CT molecular complexity index is 435. The van der Waals surface area contributed by atoms with Crippen LogP contribution in [0.3, 0.4) is 0 Å². The Balaban J connectivity index is 2.11. The van der Waals surface area contributed by atoms with E-state index >= 15 is 0 Å². The lowest BCUT2D eigenvalue weighted by molar-refractivity contribution is -0.142. The fourth-order valence-corrected chi connectivity index (χ4v) is 2.05. The van der Waals surface area contributed by atoms with Crippen molar-refractivity contribution < 1.29 is 14.7 Å². The third-order valence-corrected chi connectivity index (χ3v) is 3.05. The van der Waals surface area contributed by atoms with Crippen LogP contribution in [-0.4, -0.2) is 45.2 Å². The minimum absolute atomic E-state index is 0.0220. The van der Waals surface area contributed by atoms with E-state index in [0.29, 0.717) is 12.1 Å². The van der Waals surface area contributed by atoms with Gasteiger partial charge in [0, 0.05) is 13.1 Å². The van der Waals surface area contributed by atoms with Crippen molar-refractivity contribution in [2.75, 3.05) is 13.1 Å². The molecule has 1 fully saturated rings. The Hall–Kier alpha value is -1.98. The van der Waals surface area contributed by atoms with Gasteiger partial charge in [-0.2, -0.15) is 10.2 Å². The number of likely N-dealkylation sites (tertiary alicyclic amines) is 1. The van der Waals surface area contributed by atoms with Gasteiger partial charge in [0.2, 0.25) is 0 Å². The summed E-state index contributed by atoms with van der Waals surface area (Å²) in [5, 5.41) is 16.2. The number of hydrogen-bond acceptors (Lipinski definition) is 4. The molecule has 2 atom stereocenters. The van der Waals surface area contributed by atoms with Crippen LogP contribution < -0.4 is 0 Å². The van der Waals surface area contributed by atoms with Gasteiger partial charge in [0.05, 0.1) is 23.9 Å². The van der Waals surface area contributed by atoms with Gasteiger partial charge in [-0.1, -0.05) is 6.92 Å². The fourth-order valence-electron chi connectivity index (χ4n) is 2.05. The van der Waals surface area contributed by atoms with Crippen molar-refractivity contribution in [1.29, 1.82) is 0 Å². The van der Waals surface area contributed by atoms with Crippen LogP contribution in [0.2, 0.25) is 0 Å². The number of amides is 1. The van der Waals surface area contributed by atoms with E-state index in [4.69, 9.17) is 5.11 Å². The molecule has 0 radical (unpaired) electrons. The van der Waals surface area contributed by atoms with Crippen molar-refractivity contribution >= 4 is 11.9 Å². The number of carboxylic acids is 1. The molecule has 1 aliphatic heterocycles. The summed E-state index contributed by atoms with van der Waals surface area (Å²) in [5.74, 6) is -1.53. The molecule has 1 aliphatic rings. The molecule has 17 heavy (non-hydrogen) atoms. The van der Waals surface area contributed by atoms with Gasteiger partial charge in [-0.05, 0) is 12.0 Å². The Kier molecular flexibility index (Phi) is 3.03. The quantitative estimate of drug-likeness (QED) is 0.795. The van der Waals surface area contributed by atoms with Crippen LogP contribution in [0, 0.1) is 11.8 Å². The maximum atomic E-state index is 12.0. The van der Waals surface area contributed by atoms with Gasteiger partial charge >= 0.3 is 5.97 Å². The summed E-state index contributed by atoms with van der Waals surface area (Å²) < 4.78 is 0. The van der Waals surface area contributed by atoms with E-state index in [2.05, 4.69) is 10.2 Å². The van der Waals surface area contributed by atoms with Gasteiger partial charge in [-0.25, -0.2) is 0 Å². The lowest BCUT2D eigenvalue weighted by Gasteiger charge is -2.15. The Labute approximate surface area is 98.3 Å². The largest absolute Gasteiger partial charge is 0.481 e. The Morgan fingerprint density at radius 3 is 2.71 bits per heavy atom. The molecule has 0 spiro atoms. The first-order valence-electron chi connectivity index (χ1n) is 5.38. The average Bonchev–Trinajstić information content (AvgIpc) is 2.71. The number of hydrogen-bond donors (Lipinski definition) is 1. The number of aliphatic carboxylic acids is 1. The van der Waals surface area contributed by atoms with Crippen molar-refractivity contribution in [2.45, 2.75) is 6.92 Å². The molecule has 0 aromatic carbocycles. The molecule has 2 heterocycles. The lowest BCUT2D eigenvalue weighted by Crippen LogP contribution is -2.30. The van der Waals surface area contributed by atoms with E-state index in [0.717, 1.165) is 0 Å². The van der Waals surface area contributed by atoms with Crippen LogP contribution in [0.15, 0.2) is 18.5 Å². The van der Waals surface area contributed by atoms with Gasteiger partial charge in [-0.15, -0.1) is 0 Å². The SMILES string of the molecule is C[C@@H]1CN(C(=O)c2ccnnc2)C[C@H]1C(=O)O. The normalized spacial score (nSPS) is 23.7. The number of carboxylic acid groups (broad SMARTS) is 1. The number of rotatable bonds is 2. The molecule has 1 saturated heterocycles. The minimum Gasteiger partial charge on any atom is -0.481 e. The molecule has 1 aromatic rings. The van der Waals surface area contributed by atoms with Crippen LogP contribution in [-0.2, 0) is 4.79 Å². The highest BCUT2D eigenvalue weighted by molar-refractivity contribution is 5.94. The zero-order valence-corrected chi connectivity index (χ0v) is 9.41. The van der Waals surface area contributed by atoms with E-state index < -0.39 is 11.9 Å². The summed E-state index contributed by atoms with van der Waals surface area (Å²) in [7, 11) is 0. The summed E-state index contributed by atoms with van der Waals surface area (Å²) in [5.41, 5.74) is 0.443. The van der Waals surface area contributed by atoms with Gasteiger partial charge in [0.1, 0.15) is 0 Å². The van der Waals surface area contributed by atoms with E-state index in [1.54, 1.807) is 11.0 Å². The van der Waals surface area contributed by atoms with Crippen LogP contribution in [0.25, 0.3) is 0 Å². The topological polar surface area (TPSA) is 83.4 Å². The maximum Gasteiger partial charge on any atom is 0.308 e. The average molecular weight is 235 g/mol. The molecule has 0 bridgehead atoms. The molecule has 1 N–H and O–H groups in total. The van der Waals surface area contributed by atoms with Gasteiger partial charge in [0.25, 0.3) is 5.91 Å². The van der Waals surface area contributed by atoms with Crippen LogP contribution >= 0.6 is 0 Å². The van der Waals surface area contributed by atoms with Crippen molar-refractivity contribution in [3.63, 3.8) is 0 Å². The Morgan fingerprint density at radius 2 is 2.18 bits per heavy atom. The van der Waals surface area contributed by atoms with E-state index in [1.165, 1.54) is 12.4 Å². The predicted molar refractivity (Wildman–Crippen MR) is 58.2 cm³/mol. The first-order chi connectivity index (χ1) is 8.09. The third kappa shape index (κ3) is 2.25. The molecule has 90 valence electrons. The first kappa shape index (κ1) is 11.5. The zero-order valence-electron chi connectivity index (χ0n) is 9.41. The highest BCUT2D eigenvalue weighted by atomic mass is 16.4. The summed E-state index contributed by atoms with van der Waals surface area (Å²) in [6, 6.07) is 1.58. The predicted octanol–water partition coefficient (Wildman–Crippen LogP) is 0.269. The molecule has 0 unspecified atom stereocenters. The second-order valence-corrected chi connectivity index (χ2v) is 4.26. The molecule has 1 amide bonds. The second-order valence-electron chi connectivity index (χ2n) is 4.26. The molecule has 2 rings (SSSR count). The smallest absolute Gasteiger partial charge is 0.308 e.